The molecule has 4 heteroatoms. The molecule has 1 aromatic carbocycles. The highest BCUT2D eigenvalue weighted by Crippen LogP contribution is 2.16. The maximum Gasteiger partial charge on any atom is 0.115 e. The number of benzene rings is 1. The molecule has 0 saturated carbocycles. The number of aromatic nitrogens is 2. The van der Waals surface area contributed by atoms with Gasteiger partial charge >= 0.3 is 0 Å². The number of rotatable bonds is 3. The van der Waals surface area contributed by atoms with Gasteiger partial charge in [-0.25, -0.2) is 9.97 Å². The Morgan fingerprint density at radius 3 is 2.73 bits per heavy atom. The molecular weight excluding hydrogens is 254 g/mol. The normalized spacial score (nSPS) is 9.93. The number of nitrogens with zero attached hydrogens (tertiary/aromatic N) is 2. The first-order chi connectivity index (χ1) is 7.34. The van der Waals surface area contributed by atoms with E-state index in [4.69, 9.17) is 0 Å². The van der Waals surface area contributed by atoms with Gasteiger partial charge in [0, 0.05) is 34.7 Å². The first kappa shape index (κ1) is 10.1. The minimum Gasteiger partial charge on any atom is -0.381 e. The summed E-state index contributed by atoms with van der Waals surface area (Å²) in [4.78, 5) is 7.91. The minimum absolute atomic E-state index is 0.733. The van der Waals surface area contributed by atoms with Crippen LogP contribution in [-0.4, -0.2) is 9.97 Å². The van der Waals surface area contributed by atoms with E-state index in [1.54, 1.807) is 12.4 Å². The monoisotopic (exact) mass is 263 g/mol. The lowest BCUT2D eigenvalue weighted by atomic mass is 10.3. The molecule has 0 spiro atoms. The molecule has 0 bridgehead atoms. The molecule has 0 aliphatic rings. The average molecular weight is 264 g/mol. The van der Waals surface area contributed by atoms with E-state index in [2.05, 4.69) is 31.2 Å². The maximum atomic E-state index is 3.95. The molecule has 1 N–H and O–H groups in total. The van der Waals surface area contributed by atoms with Crippen LogP contribution in [0.4, 0.5) is 5.69 Å². The lowest BCUT2D eigenvalue weighted by molar-refractivity contribution is 1.05. The molecule has 1 aromatic heterocycles. The Morgan fingerprint density at radius 2 is 2.00 bits per heavy atom. The summed E-state index contributed by atoms with van der Waals surface area (Å²) in [6.45, 7) is 0.733. The summed E-state index contributed by atoms with van der Waals surface area (Å²) in [7, 11) is 0. The molecule has 0 aliphatic carbocycles. The highest BCUT2D eigenvalue weighted by atomic mass is 79.9. The van der Waals surface area contributed by atoms with Gasteiger partial charge < -0.3 is 5.32 Å². The van der Waals surface area contributed by atoms with Crippen LogP contribution >= 0.6 is 15.9 Å². The Hall–Kier alpha value is -1.42. The molecular formula is C11H10BrN3. The Morgan fingerprint density at radius 1 is 1.20 bits per heavy atom. The maximum absolute atomic E-state index is 3.95. The van der Waals surface area contributed by atoms with Gasteiger partial charge in [-0.15, -0.1) is 0 Å². The zero-order valence-electron chi connectivity index (χ0n) is 8.02. The largest absolute Gasteiger partial charge is 0.381 e. The van der Waals surface area contributed by atoms with E-state index < -0.39 is 0 Å². The van der Waals surface area contributed by atoms with E-state index in [-0.39, 0.29) is 0 Å². The predicted molar refractivity (Wildman–Crippen MR) is 63.5 cm³/mol. The minimum atomic E-state index is 0.733. The molecule has 0 saturated heterocycles. The van der Waals surface area contributed by atoms with Crippen molar-refractivity contribution in [3.8, 4) is 0 Å². The smallest absolute Gasteiger partial charge is 0.115 e. The Labute approximate surface area is 96.7 Å². The Kier molecular flexibility index (Phi) is 3.29. The standard InChI is InChI=1S/C11H10BrN3/c12-10-2-1-3-11(4-10)15-7-9-5-13-8-14-6-9/h1-6,8,15H,7H2. The van der Waals surface area contributed by atoms with E-state index in [0.29, 0.717) is 0 Å². The van der Waals surface area contributed by atoms with Crippen LogP contribution in [0.1, 0.15) is 5.56 Å². The second kappa shape index (κ2) is 4.89. The van der Waals surface area contributed by atoms with Crippen LogP contribution in [0.2, 0.25) is 0 Å². The van der Waals surface area contributed by atoms with Crippen molar-refractivity contribution in [2.45, 2.75) is 6.54 Å². The van der Waals surface area contributed by atoms with E-state index in [1.807, 2.05) is 24.3 Å². The molecule has 3 nitrogen and oxygen atoms in total. The van der Waals surface area contributed by atoms with Gasteiger partial charge in [-0.05, 0) is 18.2 Å². The topological polar surface area (TPSA) is 37.8 Å². The van der Waals surface area contributed by atoms with Gasteiger partial charge in [-0.1, -0.05) is 22.0 Å². The zero-order chi connectivity index (χ0) is 10.5. The third-order valence-electron chi connectivity index (χ3n) is 1.94. The number of halogens is 1. The first-order valence-electron chi connectivity index (χ1n) is 4.58. The van der Waals surface area contributed by atoms with Crippen LogP contribution in [0.25, 0.3) is 0 Å². The summed E-state index contributed by atoms with van der Waals surface area (Å²) < 4.78 is 1.07. The van der Waals surface area contributed by atoms with Crippen LogP contribution < -0.4 is 5.32 Å². The summed E-state index contributed by atoms with van der Waals surface area (Å²) in [5.41, 5.74) is 2.14. The van der Waals surface area contributed by atoms with Crippen LogP contribution in [0.3, 0.4) is 0 Å². The summed E-state index contributed by atoms with van der Waals surface area (Å²) in [6, 6.07) is 8.04. The summed E-state index contributed by atoms with van der Waals surface area (Å²) >= 11 is 3.42. The van der Waals surface area contributed by atoms with Crippen molar-refractivity contribution in [2.24, 2.45) is 0 Å². The quantitative estimate of drug-likeness (QED) is 0.926. The van der Waals surface area contributed by atoms with Crippen molar-refractivity contribution >= 4 is 21.6 Å². The molecule has 0 atom stereocenters. The summed E-state index contributed by atoms with van der Waals surface area (Å²) in [5, 5.41) is 3.29. The van der Waals surface area contributed by atoms with Crippen LogP contribution in [0.5, 0.6) is 0 Å². The number of hydrogen-bond donors (Lipinski definition) is 1. The number of nitrogens with one attached hydrogen (secondary N) is 1. The van der Waals surface area contributed by atoms with E-state index in [1.165, 1.54) is 6.33 Å². The third-order valence-corrected chi connectivity index (χ3v) is 2.43. The second-order valence-corrected chi connectivity index (χ2v) is 4.03. The van der Waals surface area contributed by atoms with Crippen LogP contribution in [-0.2, 0) is 6.54 Å². The van der Waals surface area contributed by atoms with Crippen LogP contribution in [0, 0.1) is 0 Å². The van der Waals surface area contributed by atoms with Crippen molar-refractivity contribution < 1.29 is 0 Å². The van der Waals surface area contributed by atoms with Crippen molar-refractivity contribution in [3.05, 3.63) is 53.0 Å². The Bertz CT molecular complexity index is 431. The molecule has 0 aliphatic heterocycles. The summed E-state index contributed by atoms with van der Waals surface area (Å²) in [5.74, 6) is 0. The highest BCUT2D eigenvalue weighted by Gasteiger charge is 1.94. The van der Waals surface area contributed by atoms with Gasteiger partial charge in [0.2, 0.25) is 0 Å². The molecule has 0 fully saturated rings. The van der Waals surface area contributed by atoms with Gasteiger partial charge in [0.15, 0.2) is 0 Å². The third kappa shape index (κ3) is 3.02. The second-order valence-electron chi connectivity index (χ2n) is 3.11. The first-order valence-corrected chi connectivity index (χ1v) is 5.37. The van der Waals surface area contributed by atoms with Gasteiger partial charge in [-0.2, -0.15) is 0 Å². The van der Waals surface area contributed by atoms with Crippen molar-refractivity contribution in [1.29, 1.82) is 0 Å². The highest BCUT2D eigenvalue weighted by molar-refractivity contribution is 9.10. The fraction of sp³-hybridized carbons (Fsp3) is 0.0909. The fourth-order valence-electron chi connectivity index (χ4n) is 1.22. The molecule has 76 valence electrons. The number of hydrogen-bond acceptors (Lipinski definition) is 3. The molecule has 0 radical (unpaired) electrons. The molecule has 0 amide bonds. The van der Waals surface area contributed by atoms with Gasteiger partial charge in [-0.3, -0.25) is 0 Å². The SMILES string of the molecule is Brc1cccc(NCc2cncnc2)c1. The average Bonchev–Trinajstić information content (AvgIpc) is 2.28. The Balaban J connectivity index is 1.99. The van der Waals surface area contributed by atoms with Gasteiger partial charge in [0.25, 0.3) is 0 Å². The fourth-order valence-corrected chi connectivity index (χ4v) is 1.62. The van der Waals surface area contributed by atoms with E-state index in [9.17, 15) is 0 Å². The predicted octanol–water partition coefficient (Wildman–Crippen LogP) is 2.85. The van der Waals surface area contributed by atoms with Crippen molar-refractivity contribution in [2.75, 3.05) is 5.32 Å². The molecule has 0 unspecified atom stereocenters. The molecule has 15 heavy (non-hydrogen) atoms. The van der Waals surface area contributed by atoms with Gasteiger partial charge in [0.1, 0.15) is 6.33 Å². The van der Waals surface area contributed by atoms with E-state index in [0.717, 1.165) is 22.3 Å². The molecule has 2 aromatic rings. The zero-order valence-corrected chi connectivity index (χ0v) is 9.61. The lowest BCUT2D eigenvalue weighted by Gasteiger charge is -2.05. The molecule has 2 rings (SSSR count). The number of anilines is 1. The van der Waals surface area contributed by atoms with Gasteiger partial charge in [0.05, 0.1) is 0 Å². The lowest BCUT2D eigenvalue weighted by Crippen LogP contribution is -1.99. The van der Waals surface area contributed by atoms with Crippen molar-refractivity contribution in [3.63, 3.8) is 0 Å². The molecule has 1 heterocycles. The summed E-state index contributed by atoms with van der Waals surface area (Å²) in [6.07, 6.45) is 5.14. The van der Waals surface area contributed by atoms with Crippen LogP contribution in [0.15, 0.2) is 47.5 Å². The van der Waals surface area contributed by atoms with Crippen molar-refractivity contribution in [1.82, 2.24) is 9.97 Å². The van der Waals surface area contributed by atoms with E-state index >= 15 is 0 Å².